The van der Waals surface area contributed by atoms with Crippen molar-refractivity contribution in [1.82, 2.24) is 5.32 Å². The maximum atomic E-state index is 12.0. The molecular weight excluding hydrogens is 448 g/mol. The van der Waals surface area contributed by atoms with Crippen molar-refractivity contribution in [1.29, 1.82) is 0 Å². The molecule has 2 aromatic carbocycles. The molecule has 34 heavy (non-hydrogen) atoms. The predicted octanol–water partition coefficient (Wildman–Crippen LogP) is 2.25. The zero-order chi connectivity index (χ0) is 24.2. The summed E-state index contributed by atoms with van der Waals surface area (Å²) < 4.78 is 29.6. The summed E-state index contributed by atoms with van der Waals surface area (Å²) in [5.41, 5.74) is 0.678. The fourth-order valence-electron chi connectivity index (χ4n) is 3.95. The van der Waals surface area contributed by atoms with Crippen LogP contribution in [-0.4, -0.2) is 54.1 Å². The average molecular weight is 472 g/mol. The number of nitro benzene ring substituents is 1. The van der Waals surface area contributed by atoms with E-state index in [-0.39, 0.29) is 18.0 Å². The third-order valence-electron chi connectivity index (χ3n) is 5.38. The molecule has 2 heterocycles. The Balaban J connectivity index is 1.60. The van der Waals surface area contributed by atoms with Crippen molar-refractivity contribution < 1.29 is 38.2 Å². The molecule has 6 atom stereocenters. The van der Waals surface area contributed by atoms with Gasteiger partial charge in [0.2, 0.25) is 12.2 Å². The Morgan fingerprint density at radius 2 is 1.76 bits per heavy atom. The first-order valence-electron chi connectivity index (χ1n) is 10.6. The maximum absolute atomic E-state index is 12.0. The van der Waals surface area contributed by atoms with Gasteiger partial charge >= 0.3 is 5.97 Å². The molecule has 1 N–H and O–H groups in total. The van der Waals surface area contributed by atoms with Gasteiger partial charge in [0, 0.05) is 31.5 Å². The van der Waals surface area contributed by atoms with Crippen LogP contribution in [0.1, 0.15) is 25.7 Å². The van der Waals surface area contributed by atoms with Crippen LogP contribution in [0.5, 0.6) is 5.75 Å². The molecule has 1 amide bonds. The van der Waals surface area contributed by atoms with E-state index in [1.54, 1.807) is 0 Å². The van der Waals surface area contributed by atoms with Crippen molar-refractivity contribution in [3.63, 3.8) is 0 Å². The van der Waals surface area contributed by atoms with Gasteiger partial charge in [-0.05, 0) is 12.1 Å². The van der Waals surface area contributed by atoms with Crippen molar-refractivity contribution in [2.45, 2.75) is 50.8 Å². The highest BCUT2D eigenvalue weighted by atomic mass is 16.8. The molecule has 2 aliphatic rings. The molecule has 0 aliphatic carbocycles. The topological polar surface area (TPSA) is 135 Å². The lowest BCUT2D eigenvalue weighted by atomic mass is 9.95. The Morgan fingerprint density at radius 1 is 1.06 bits per heavy atom. The van der Waals surface area contributed by atoms with Gasteiger partial charge < -0.3 is 29.0 Å². The van der Waals surface area contributed by atoms with Crippen molar-refractivity contribution in [3.05, 3.63) is 70.3 Å². The van der Waals surface area contributed by atoms with Crippen LogP contribution in [0.25, 0.3) is 0 Å². The number of rotatable bonds is 6. The quantitative estimate of drug-likeness (QED) is 0.381. The fraction of sp³-hybridized carbons (Fsp3) is 0.391. The molecule has 2 aliphatic heterocycles. The van der Waals surface area contributed by atoms with Gasteiger partial charge in [-0.15, -0.1) is 0 Å². The summed E-state index contributed by atoms with van der Waals surface area (Å²) in [5.74, 6) is -0.694. The van der Waals surface area contributed by atoms with E-state index in [4.69, 9.17) is 23.7 Å². The lowest BCUT2D eigenvalue weighted by molar-refractivity contribution is -0.384. The number of benzene rings is 2. The molecule has 0 radical (unpaired) electrons. The van der Waals surface area contributed by atoms with Gasteiger partial charge in [-0.1, -0.05) is 30.3 Å². The van der Waals surface area contributed by atoms with Gasteiger partial charge in [0.25, 0.3) is 5.69 Å². The number of nitro groups is 1. The lowest BCUT2D eigenvalue weighted by Gasteiger charge is -2.48. The highest BCUT2D eigenvalue weighted by molar-refractivity contribution is 5.73. The first-order valence-corrected chi connectivity index (χ1v) is 10.6. The number of non-ortho nitro benzene ring substituents is 1. The Morgan fingerprint density at radius 3 is 2.38 bits per heavy atom. The van der Waals surface area contributed by atoms with E-state index in [2.05, 4.69) is 5.32 Å². The second kappa shape index (κ2) is 10.2. The molecule has 4 unspecified atom stereocenters. The molecule has 0 spiro atoms. The molecule has 180 valence electrons. The van der Waals surface area contributed by atoms with Crippen LogP contribution in [0.2, 0.25) is 0 Å². The molecule has 11 nitrogen and oxygen atoms in total. The number of hydrogen-bond acceptors (Lipinski definition) is 9. The van der Waals surface area contributed by atoms with Crippen LogP contribution in [0, 0.1) is 10.1 Å². The first kappa shape index (κ1) is 23.6. The zero-order valence-corrected chi connectivity index (χ0v) is 18.5. The highest BCUT2D eigenvalue weighted by Gasteiger charge is 2.53. The third-order valence-corrected chi connectivity index (χ3v) is 5.38. The molecule has 2 fully saturated rings. The monoisotopic (exact) mass is 472 g/mol. The third kappa shape index (κ3) is 5.33. The van der Waals surface area contributed by atoms with E-state index in [1.807, 2.05) is 30.3 Å². The van der Waals surface area contributed by atoms with Gasteiger partial charge in [0.05, 0.1) is 11.5 Å². The smallest absolute Gasteiger partial charge is 0.303 e. The molecule has 2 aromatic rings. The summed E-state index contributed by atoms with van der Waals surface area (Å²) in [4.78, 5) is 34.4. The standard InChI is InChI=1S/C23H24N2O9/c1-13(26)24-19-21(31-14(2)27)20-18(12-30-22(34-20)15-6-4-3-5-7-15)33-23(19)32-17-10-8-16(9-11-17)25(28)29/h3-11,18-23H,12H2,1-2H3,(H,24,26)/t18?,19?,20-,21?,22?,23+/m1/s1. The summed E-state index contributed by atoms with van der Waals surface area (Å²) in [5, 5.41) is 13.7. The lowest BCUT2D eigenvalue weighted by Crippen LogP contribution is -2.68. The second-order valence-corrected chi connectivity index (χ2v) is 7.89. The van der Waals surface area contributed by atoms with E-state index in [0.29, 0.717) is 0 Å². The summed E-state index contributed by atoms with van der Waals surface area (Å²) in [6, 6.07) is 13.7. The van der Waals surface area contributed by atoms with Gasteiger partial charge in [0.15, 0.2) is 12.4 Å². The average Bonchev–Trinajstić information content (AvgIpc) is 2.81. The summed E-state index contributed by atoms with van der Waals surface area (Å²) in [6.07, 6.45) is -4.17. The normalized spacial score (nSPS) is 28.3. The molecular formula is C23H24N2O9. The molecule has 0 saturated carbocycles. The summed E-state index contributed by atoms with van der Waals surface area (Å²) in [6.45, 7) is 2.70. The minimum atomic E-state index is -1.09. The van der Waals surface area contributed by atoms with Crippen molar-refractivity contribution in [3.8, 4) is 5.75 Å². The largest absolute Gasteiger partial charge is 0.463 e. The number of hydrogen-bond donors (Lipinski definition) is 1. The molecule has 11 heteroatoms. The number of ether oxygens (including phenoxy) is 5. The van der Waals surface area contributed by atoms with Crippen LogP contribution in [0.15, 0.2) is 54.6 Å². The van der Waals surface area contributed by atoms with Crippen LogP contribution < -0.4 is 10.1 Å². The van der Waals surface area contributed by atoms with Crippen molar-refractivity contribution in [2.24, 2.45) is 0 Å². The predicted molar refractivity (Wildman–Crippen MR) is 116 cm³/mol. The number of amides is 1. The van der Waals surface area contributed by atoms with Gasteiger partial charge in [-0.25, -0.2) is 0 Å². The van der Waals surface area contributed by atoms with Crippen LogP contribution >= 0.6 is 0 Å². The Kier molecular flexibility index (Phi) is 7.06. The Hall–Kier alpha value is -3.54. The van der Waals surface area contributed by atoms with Gasteiger partial charge in [-0.3, -0.25) is 19.7 Å². The number of fused-ring (bicyclic) bond motifs is 1. The van der Waals surface area contributed by atoms with Crippen LogP contribution in [0.3, 0.4) is 0 Å². The molecule has 4 rings (SSSR count). The van der Waals surface area contributed by atoms with E-state index in [0.717, 1.165) is 5.56 Å². The number of nitrogens with one attached hydrogen (secondary N) is 1. The van der Waals surface area contributed by atoms with Crippen molar-refractivity contribution >= 4 is 17.6 Å². The fourth-order valence-corrected chi connectivity index (χ4v) is 3.95. The number of carbonyl (C=O) groups is 2. The van der Waals surface area contributed by atoms with Crippen molar-refractivity contribution in [2.75, 3.05) is 6.61 Å². The second-order valence-electron chi connectivity index (χ2n) is 7.89. The molecule has 2 saturated heterocycles. The summed E-state index contributed by atoms with van der Waals surface area (Å²) in [7, 11) is 0. The zero-order valence-electron chi connectivity index (χ0n) is 18.5. The number of esters is 1. The highest BCUT2D eigenvalue weighted by Crippen LogP contribution is 2.36. The van der Waals surface area contributed by atoms with Crippen LogP contribution in [0.4, 0.5) is 5.69 Å². The SMILES string of the molecule is CC(=O)NC1C(OC(C)=O)[C@@H]2OC(c3ccccc3)OCC2O[C@@H]1Oc1ccc([N+](=O)[O-])cc1. The summed E-state index contributed by atoms with van der Waals surface area (Å²) >= 11 is 0. The minimum absolute atomic E-state index is 0.103. The Labute approximate surface area is 195 Å². The maximum Gasteiger partial charge on any atom is 0.303 e. The van der Waals surface area contributed by atoms with E-state index >= 15 is 0 Å². The number of nitrogens with zero attached hydrogens (tertiary/aromatic N) is 1. The first-order chi connectivity index (χ1) is 16.3. The van der Waals surface area contributed by atoms with Gasteiger partial charge in [0.1, 0.15) is 24.0 Å². The van der Waals surface area contributed by atoms with E-state index < -0.39 is 53.7 Å². The Bertz CT molecular complexity index is 1030. The van der Waals surface area contributed by atoms with E-state index in [1.165, 1.54) is 38.1 Å². The van der Waals surface area contributed by atoms with E-state index in [9.17, 15) is 19.7 Å². The number of carbonyl (C=O) groups excluding carboxylic acids is 2. The van der Waals surface area contributed by atoms with Gasteiger partial charge in [-0.2, -0.15) is 0 Å². The molecule has 0 bridgehead atoms. The molecule has 0 aromatic heterocycles. The van der Waals surface area contributed by atoms with Crippen LogP contribution in [-0.2, 0) is 28.5 Å². The minimum Gasteiger partial charge on any atom is -0.463 e.